The molecule has 0 aliphatic carbocycles. The number of hydrogen-bond acceptors (Lipinski definition) is 5. The predicted octanol–water partition coefficient (Wildman–Crippen LogP) is 1.61. The van der Waals surface area contributed by atoms with Gasteiger partial charge < -0.3 is 15.2 Å². The van der Waals surface area contributed by atoms with E-state index in [2.05, 4.69) is 10.3 Å². The summed E-state index contributed by atoms with van der Waals surface area (Å²) in [5.41, 5.74) is 0.587. The first-order valence-corrected chi connectivity index (χ1v) is 6.00. The van der Waals surface area contributed by atoms with Gasteiger partial charge in [0.15, 0.2) is 5.13 Å². The van der Waals surface area contributed by atoms with E-state index in [0.717, 1.165) is 5.13 Å². The normalized spacial score (nSPS) is 12.4. The fourth-order valence-corrected chi connectivity index (χ4v) is 1.98. The average molecular weight is 244 g/mol. The zero-order valence-corrected chi connectivity index (χ0v) is 10.2. The van der Waals surface area contributed by atoms with Crippen LogP contribution in [0.5, 0.6) is 0 Å². The standard InChI is InChI=1S/C10H16N2O3S/c1-3-15-5-7(2)11-10-12-8(6-16-10)4-9(13)14/h6-7H,3-5H2,1-2H3,(H,11,12)(H,13,14). The molecule has 90 valence electrons. The number of aliphatic carboxylic acids is 1. The SMILES string of the molecule is CCOCC(C)Nc1nc(CC(=O)O)cs1. The van der Waals surface area contributed by atoms with Gasteiger partial charge in [0.25, 0.3) is 0 Å². The lowest BCUT2D eigenvalue weighted by Gasteiger charge is -2.11. The fourth-order valence-electron chi connectivity index (χ4n) is 1.16. The Labute approximate surface area is 98.5 Å². The van der Waals surface area contributed by atoms with Gasteiger partial charge in [-0.25, -0.2) is 4.98 Å². The lowest BCUT2D eigenvalue weighted by Crippen LogP contribution is -2.21. The molecule has 0 amide bonds. The minimum Gasteiger partial charge on any atom is -0.481 e. The fraction of sp³-hybridized carbons (Fsp3) is 0.600. The molecule has 0 fully saturated rings. The molecule has 1 heterocycles. The Morgan fingerprint density at radius 3 is 3.12 bits per heavy atom. The van der Waals surface area contributed by atoms with Crippen LogP contribution in [0.3, 0.4) is 0 Å². The van der Waals surface area contributed by atoms with Crippen molar-refractivity contribution >= 4 is 22.4 Å². The molecule has 0 bridgehead atoms. The third-order valence-corrected chi connectivity index (χ3v) is 2.65. The number of hydrogen-bond donors (Lipinski definition) is 2. The van der Waals surface area contributed by atoms with Crippen LogP contribution in [0.2, 0.25) is 0 Å². The Kier molecular flexibility index (Phi) is 5.21. The summed E-state index contributed by atoms with van der Waals surface area (Å²) in [5.74, 6) is -0.862. The van der Waals surface area contributed by atoms with Crippen LogP contribution in [0.15, 0.2) is 5.38 Å². The van der Waals surface area contributed by atoms with Crippen LogP contribution in [0.1, 0.15) is 19.5 Å². The molecule has 0 aliphatic heterocycles. The molecular formula is C10H16N2O3S. The van der Waals surface area contributed by atoms with Crippen molar-refractivity contribution in [2.75, 3.05) is 18.5 Å². The number of carbonyl (C=O) groups is 1. The molecule has 1 rings (SSSR count). The van der Waals surface area contributed by atoms with E-state index < -0.39 is 5.97 Å². The summed E-state index contributed by atoms with van der Waals surface area (Å²) in [6.45, 7) is 5.24. The van der Waals surface area contributed by atoms with Gasteiger partial charge in [-0.15, -0.1) is 11.3 Å². The zero-order valence-electron chi connectivity index (χ0n) is 9.40. The average Bonchev–Trinajstić information content (AvgIpc) is 2.61. The Hall–Kier alpha value is -1.14. The monoisotopic (exact) mass is 244 g/mol. The summed E-state index contributed by atoms with van der Waals surface area (Å²) in [6.07, 6.45) is -0.0297. The number of ether oxygens (including phenoxy) is 1. The molecule has 1 atom stereocenters. The third-order valence-electron chi connectivity index (χ3n) is 1.83. The van der Waals surface area contributed by atoms with Gasteiger partial charge in [0.05, 0.1) is 18.7 Å². The first-order chi connectivity index (χ1) is 7.61. The molecule has 5 nitrogen and oxygen atoms in total. The summed E-state index contributed by atoms with van der Waals surface area (Å²) < 4.78 is 5.26. The molecule has 0 saturated heterocycles. The van der Waals surface area contributed by atoms with E-state index in [0.29, 0.717) is 18.9 Å². The molecule has 0 radical (unpaired) electrons. The molecule has 0 spiro atoms. The quantitative estimate of drug-likeness (QED) is 0.762. The van der Waals surface area contributed by atoms with E-state index in [9.17, 15) is 4.79 Å². The Morgan fingerprint density at radius 2 is 2.50 bits per heavy atom. The largest absolute Gasteiger partial charge is 0.481 e. The molecular weight excluding hydrogens is 228 g/mol. The minimum absolute atomic E-state index is 0.0297. The predicted molar refractivity (Wildman–Crippen MR) is 63.0 cm³/mol. The van der Waals surface area contributed by atoms with Crippen LogP contribution in [0.25, 0.3) is 0 Å². The third kappa shape index (κ3) is 4.59. The minimum atomic E-state index is -0.862. The van der Waals surface area contributed by atoms with Crippen LogP contribution in [-0.2, 0) is 16.0 Å². The first-order valence-electron chi connectivity index (χ1n) is 5.12. The highest BCUT2D eigenvalue weighted by Crippen LogP contribution is 2.16. The second-order valence-corrected chi connectivity index (χ2v) is 4.28. The lowest BCUT2D eigenvalue weighted by molar-refractivity contribution is -0.136. The number of carboxylic acid groups (broad SMARTS) is 1. The molecule has 1 unspecified atom stereocenters. The maximum Gasteiger partial charge on any atom is 0.309 e. The Morgan fingerprint density at radius 1 is 1.75 bits per heavy atom. The molecule has 6 heteroatoms. The van der Waals surface area contributed by atoms with E-state index in [1.54, 1.807) is 5.38 Å². The van der Waals surface area contributed by atoms with Gasteiger partial charge >= 0.3 is 5.97 Å². The van der Waals surface area contributed by atoms with Crippen LogP contribution >= 0.6 is 11.3 Å². The van der Waals surface area contributed by atoms with Gasteiger partial charge in [-0.3, -0.25) is 4.79 Å². The number of thiazole rings is 1. The smallest absolute Gasteiger partial charge is 0.309 e. The molecule has 0 saturated carbocycles. The summed E-state index contributed by atoms with van der Waals surface area (Å²) in [7, 11) is 0. The topological polar surface area (TPSA) is 71.5 Å². The maximum absolute atomic E-state index is 10.5. The summed E-state index contributed by atoms with van der Waals surface area (Å²) >= 11 is 1.41. The lowest BCUT2D eigenvalue weighted by atomic mass is 10.3. The first kappa shape index (κ1) is 12.9. The van der Waals surface area contributed by atoms with Gasteiger partial charge in [0, 0.05) is 18.0 Å². The van der Waals surface area contributed by atoms with Crippen molar-refractivity contribution < 1.29 is 14.6 Å². The van der Waals surface area contributed by atoms with Crippen LogP contribution in [-0.4, -0.2) is 35.3 Å². The van der Waals surface area contributed by atoms with Gasteiger partial charge in [-0.1, -0.05) is 0 Å². The highest BCUT2D eigenvalue weighted by molar-refractivity contribution is 7.13. The number of carboxylic acids is 1. The van der Waals surface area contributed by atoms with E-state index in [-0.39, 0.29) is 12.5 Å². The van der Waals surface area contributed by atoms with Crippen molar-refractivity contribution in [3.8, 4) is 0 Å². The molecule has 2 N–H and O–H groups in total. The van der Waals surface area contributed by atoms with E-state index in [4.69, 9.17) is 9.84 Å². The van der Waals surface area contributed by atoms with Crippen LogP contribution in [0, 0.1) is 0 Å². The number of aromatic nitrogens is 1. The van der Waals surface area contributed by atoms with Crippen molar-refractivity contribution in [2.45, 2.75) is 26.3 Å². The highest BCUT2D eigenvalue weighted by Gasteiger charge is 2.08. The molecule has 1 aromatic rings. The van der Waals surface area contributed by atoms with Crippen molar-refractivity contribution in [1.29, 1.82) is 0 Å². The van der Waals surface area contributed by atoms with E-state index >= 15 is 0 Å². The second-order valence-electron chi connectivity index (χ2n) is 3.42. The molecule has 0 aromatic carbocycles. The van der Waals surface area contributed by atoms with Crippen LogP contribution in [0.4, 0.5) is 5.13 Å². The van der Waals surface area contributed by atoms with Crippen molar-refractivity contribution in [2.24, 2.45) is 0 Å². The number of rotatable bonds is 7. The van der Waals surface area contributed by atoms with Crippen LogP contribution < -0.4 is 5.32 Å². The number of nitrogens with zero attached hydrogens (tertiary/aromatic N) is 1. The molecule has 16 heavy (non-hydrogen) atoms. The number of anilines is 1. The van der Waals surface area contributed by atoms with Crippen molar-refractivity contribution in [3.05, 3.63) is 11.1 Å². The van der Waals surface area contributed by atoms with Gasteiger partial charge in [-0.05, 0) is 13.8 Å². The molecule has 0 aliphatic rings. The maximum atomic E-state index is 10.5. The van der Waals surface area contributed by atoms with Crippen molar-refractivity contribution in [3.63, 3.8) is 0 Å². The van der Waals surface area contributed by atoms with Gasteiger partial charge in [0.1, 0.15) is 0 Å². The van der Waals surface area contributed by atoms with Crippen molar-refractivity contribution in [1.82, 2.24) is 4.98 Å². The zero-order chi connectivity index (χ0) is 12.0. The van der Waals surface area contributed by atoms with E-state index in [1.165, 1.54) is 11.3 Å². The summed E-state index contributed by atoms with van der Waals surface area (Å²) in [4.78, 5) is 14.6. The second kappa shape index (κ2) is 6.44. The summed E-state index contributed by atoms with van der Waals surface area (Å²) in [5, 5.41) is 14.3. The molecule has 1 aromatic heterocycles. The number of nitrogens with one attached hydrogen (secondary N) is 1. The highest BCUT2D eigenvalue weighted by atomic mass is 32.1. The Balaban J connectivity index is 2.42. The van der Waals surface area contributed by atoms with E-state index in [1.807, 2.05) is 13.8 Å². The summed E-state index contributed by atoms with van der Waals surface area (Å²) in [6, 6.07) is 0.170. The Bertz CT molecular complexity index is 341. The van der Waals surface area contributed by atoms with Gasteiger partial charge in [0.2, 0.25) is 0 Å². The van der Waals surface area contributed by atoms with Gasteiger partial charge in [-0.2, -0.15) is 0 Å².